The van der Waals surface area contributed by atoms with E-state index in [0.29, 0.717) is 5.23 Å². The van der Waals surface area contributed by atoms with Crippen LogP contribution in [0.1, 0.15) is 34.6 Å². The van der Waals surface area contributed by atoms with Gasteiger partial charge in [-0.05, 0) is 34.6 Å². The zero-order chi connectivity index (χ0) is 9.28. The van der Waals surface area contributed by atoms with Gasteiger partial charge in [-0.15, -0.1) is 9.24 Å². The first-order valence-electron chi connectivity index (χ1n) is 3.58. The Kier molecular flexibility index (Phi) is 3.45. The molecule has 0 N–H and O–H groups in total. The summed E-state index contributed by atoms with van der Waals surface area (Å²) in [4.78, 5) is 5.06. The van der Waals surface area contributed by atoms with Crippen LogP contribution in [0.3, 0.4) is 0 Å². The first-order chi connectivity index (χ1) is 4.63. The summed E-state index contributed by atoms with van der Waals surface area (Å²) in [5.41, 5.74) is -0.421. The molecule has 0 aromatic carbocycles. The van der Waals surface area contributed by atoms with Crippen molar-refractivity contribution in [2.24, 2.45) is 0 Å². The molecule has 1 atom stereocenters. The molecule has 1 unspecified atom stereocenters. The highest BCUT2D eigenvalue weighted by molar-refractivity contribution is 7.18. The molecule has 0 bridgehead atoms. The fourth-order valence-corrected chi connectivity index (χ4v) is 0.419. The van der Waals surface area contributed by atoms with Crippen molar-refractivity contribution in [2.75, 3.05) is 0 Å². The van der Waals surface area contributed by atoms with Gasteiger partial charge in [0.2, 0.25) is 0 Å². The van der Waals surface area contributed by atoms with Crippen LogP contribution in [0.25, 0.3) is 0 Å². The van der Waals surface area contributed by atoms with Crippen molar-refractivity contribution in [3.05, 3.63) is 5.21 Å². The third-order valence-corrected chi connectivity index (χ3v) is 1.04. The standard InChI is InChI=1S/C7H17NO2P/c1-6(2,3)10-8(9)7(4,5)11/h11H2,1-5H3/q-1. The summed E-state index contributed by atoms with van der Waals surface area (Å²) in [5, 5.41) is 11.2. The smallest absolute Gasteiger partial charge is 0.0804 e. The maximum Gasteiger partial charge on any atom is 0.0804 e. The lowest BCUT2D eigenvalue weighted by Crippen LogP contribution is -2.39. The fraction of sp³-hybridized carbons (Fsp3) is 1.00. The molecule has 0 aromatic heterocycles. The van der Waals surface area contributed by atoms with E-state index in [2.05, 4.69) is 9.24 Å². The normalized spacial score (nSPS) is 14.2. The maximum absolute atomic E-state index is 11.2. The molecule has 0 saturated heterocycles. The van der Waals surface area contributed by atoms with Crippen molar-refractivity contribution in [3.63, 3.8) is 0 Å². The van der Waals surface area contributed by atoms with E-state index >= 15 is 0 Å². The lowest BCUT2D eigenvalue weighted by atomic mass is 10.2. The SMILES string of the molecule is CC(C)(C)ON([O-])C(C)(C)P. The highest BCUT2D eigenvalue weighted by atomic mass is 31.0. The second kappa shape index (κ2) is 3.36. The molecule has 0 saturated carbocycles. The van der Waals surface area contributed by atoms with E-state index in [9.17, 15) is 5.21 Å². The second-order valence-corrected chi connectivity index (χ2v) is 5.53. The van der Waals surface area contributed by atoms with Gasteiger partial charge in [0.1, 0.15) is 0 Å². The maximum atomic E-state index is 11.2. The molecule has 11 heavy (non-hydrogen) atoms. The van der Waals surface area contributed by atoms with Gasteiger partial charge in [0.25, 0.3) is 0 Å². The summed E-state index contributed by atoms with van der Waals surface area (Å²) in [6, 6.07) is 0. The molecule has 0 aliphatic rings. The summed E-state index contributed by atoms with van der Waals surface area (Å²) in [6.07, 6.45) is 0. The average molecular weight is 178 g/mol. The minimum absolute atomic E-state index is 0.421. The summed E-state index contributed by atoms with van der Waals surface area (Å²) < 4.78 is 0. The van der Waals surface area contributed by atoms with Crippen LogP contribution < -0.4 is 0 Å². The van der Waals surface area contributed by atoms with E-state index in [1.807, 2.05) is 20.8 Å². The first kappa shape index (κ1) is 11.3. The molecule has 0 aliphatic carbocycles. The van der Waals surface area contributed by atoms with Gasteiger partial charge in [0.05, 0.1) is 5.60 Å². The van der Waals surface area contributed by atoms with Gasteiger partial charge >= 0.3 is 0 Å². The Morgan fingerprint density at radius 2 is 1.55 bits per heavy atom. The topological polar surface area (TPSA) is 35.5 Å². The number of nitrogens with zero attached hydrogens (tertiary/aromatic N) is 1. The predicted molar refractivity (Wildman–Crippen MR) is 49.8 cm³/mol. The number of hydroxylamine groups is 2. The molecule has 0 rings (SSSR count). The Morgan fingerprint density at radius 1 is 1.18 bits per heavy atom. The van der Waals surface area contributed by atoms with Gasteiger partial charge in [-0.1, -0.05) is 0 Å². The Hall–Kier alpha value is 0.310. The van der Waals surface area contributed by atoms with Crippen LogP contribution >= 0.6 is 9.24 Å². The molecule has 68 valence electrons. The Morgan fingerprint density at radius 3 is 1.64 bits per heavy atom. The summed E-state index contributed by atoms with van der Waals surface area (Å²) >= 11 is 0. The molecular weight excluding hydrogens is 161 g/mol. The van der Waals surface area contributed by atoms with Gasteiger partial charge < -0.3 is 10.0 Å². The van der Waals surface area contributed by atoms with Crippen LogP contribution in [0.5, 0.6) is 0 Å². The highest BCUT2D eigenvalue weighted by Crippen LogP contribution is 2.24. The van der Waals surface area contributed by atoms with Crippen LogP contribution in [0.4, 0.5) is 0 Å². The molecule has 0 heterocycles. The Labute approximate surface area is 70.8 Å². The second-order valence-electron chi connectivity index (χ2n) is 4.11. The number of hydrogen-bond acceptors (Lipinski definition) is 3. The monoisotopic (exact) mass is 178 g/mol. The van der Waals surface area contributed by atoms with Crippen molar-refractivity contribution < 1.29 is 4.84 Å². The number of hydrogen-bond donors (Lipinski definition) is 0. The van der Waals surface area contributed by atoms with Gasteiger partial charge in [0.15, 0.2) is 0 Å². The van der Waals surface area contributed by atoms with Gasteiger partial charge in [-0.3, -0.25) is 5.23 Å². The Bertz CT molecular complexity index is 125. The minimum atomic E-state index is -0.562. The van der Waals surface area contributed by atoms with Gasteiger partial charge in [0, 0.05) is 5.28 Å². The lowest BCUT2D eigenvalue weighted by Gasteiger charge is -2.43. The Balaban J connectivity index is 3.99. The van der Waals surface area contributed by atoms with E-state index in [1.54, 1.807) is 13.8 Å². The molecule has 0 fully saturated rings. The first-order valence-corrected chi connectivity index (χ1v) is 4.16. The summed E-state index contributed by atoms with van der Waals surface area (Å²) in [7, 11) is 2.42. The largest absolute Gasteiger partial charge is 0.761 e. The van der Waals surface area contributed by atoms with Crippen LogP contribution in [-0.2, 0) is 4.84 Å². The van der Waals surface area contributed by atoms with Crippen molar-refractivity contribution in [1.29, 1.82) is 0 Å². The van der Waals surface area contributed by atoms with Crippen molar-refractivity contribution in [2.45, 2.75) is 45.5 Å². The molecule has 3 nitrogen and oxygen atoms in total. The van der Waals surface area contributed by atoms with Gasteiger partial charge in [-0.2, -0.15) is 0 Å². The van der Waals surface area contributed by atoms with Crippen LogP contribution in [0.2, 0.25) is 0 Å². The van der Waals surface area contributed by atoms with Crippen molar-refractivity contribution in [1.82, 2.24) is 5.23 Å². The van der Waals surface area contributed by atoms with E-state index in [4.69, 9.17) is 4.84 Å². The zero-order valence-corrected chi connectivity index (χ0v) is 9.00. The molecule has 0 aromatic rings. The molecule has 0 spiro atoms. The van der Waals surface area contributed by atoms with Crippen LogP contribution in [-0.4, -0.2) is 16.1 Å². The fourth-order valence-electron chi connectivity index (χ4n) is 0.366. The predicted octanol–water partition coefficient (Wildman–Crippen LogP) is 2.13. The number of rotatable bonds is 2. The molecular formula is C7H17NO2P-. The average Bonchev–Trinajstić information content (AvgIpc) is 1.56. The van der Waals surface area contributed by atoms with Crippen LogP contribution in [0, 0.1) is 5.21 Å². The molecule has 4 heteroatoms. The minimum Gasteiger partial charge on any atom is -0.761 e. The van der Waals surface area contributed by atoms with E-state index in [1.165, 1.54) is 0 Å². The lowest BCUT2D eigenvalue weighted by molar-refractivity contribution is -0.221. The molecule has 0 aliphatic heterocycles. The van der Waals surface area contributed by atoms with E-state index < -0.39 is 10.9 Å². The highest BCUT2D eigenvalue weighted by Gasteiger charge is 2.19. The quantitative estimate of drug-likeness (QED) is 0.480. The van der Waals surface area contributed by atoms with Gasteiger partial charge in [-0.25, -0.2) is 0 Å². The van der Waals surface area contributed by atoms with E-state index in [0.717, 1.165) is 0 Å². The van der Waals surface area contributed by atoms with Crippen molar-refractivity contribution >= 4 is 9.24 Å². The van der Waals surface area contributed by atoms with Crippen molar-refractivity contribution in [3.8, 4) is 0 Å². The van der Waals surface area contributed by atoms with Crippen LogP contribution in [0.15, 0.2) is 0 Å². The third-order valence-electron chi connectivity index (χ3n) is 0.827. The van der Waals surface area contributed by atoms with E-state index in [-0.39, 0.29) is 0 Å². The molecule has 0 amide bonds. The summed E-state index contributed by atoms with van der Waals surface area (Å²) in [6.45, 7) is 9.07. The molecule has 0 radical (unpaired) electrons. The summed E-state index contributed by atoms with van der Waals surface area (Å²) in [5.74, 6) is 0. The third kappa shape index (κ3) is 5.57. The zero-order valence-electron chi connectivity index (χ0n) is 7.84.